The van der Waals surface area contributed by atoms with E-state index in [-0.39, 0.29) is 18.1 Å². The molecular weight excluding hydrogens is 222 g/mol. The van der Waals surface area contributed by atoms with Gasteiger partial charge in [0, 0.05) is 11.8 Å². The number of hydrogen-bond donors (Lipinski definition) is 0. The van der Waals surface area contributed by atoms with Crippen LogP contribution >= 0.6 is 0 Å². The molecule has 1 aromatic rings. The van der Waals surface area contributed by atoms with Gasteiger partial charge in [0.2, 0.25) is 0 Å². The maximum atomic E-state index is 11.4. The third-order valence-corrected chi connectivity index (χ3v) is 1.99. The number of Topliss-reactive ketones (excluding diaryl/α,β-unsaturated/α-hetero) is 1. The standard InChI is InChI=1S/C11H11N3O3/c1-7(15)10-5-9(6-13-14-12)3-4-11(10)17-8(2)16/h3-5H,6H2,1-2H3. The van der Waals surface area contributed by atoms with E-state index in [0.717, 1.165) is 0 Å². The first-order chi connectivity index (χ1) is 8.04. The summed E-state index contributed by atoms with van der Waals surface area (Å²) in [5, 5.41) is 3.39. The average molecular weight is 233 g/mol. The maximum Gasteiger partial charge on any atom is 0.308 e. The number of nitrogens with zero attached hydrogens (tertiary/aromatic N) is 3. The van der Waals surface area contributed by atoms with Crippen molar-refractivity contribution in [2.75, 3.05) is 0 Å². The molecule has 0 aliphatic heterocycles. The molecule has 0 bridgehead atoms. The molecule has 1 aromatic carbocycles. The molecule has 88 valence electrons. The van der Waals surface area contributed by atoms with Gasteiger partial charge in [-0.25, -0.2) is 0 Å². The Hall–Kier alpha value is -2.33. The van der Waals surface area contributed by atoms with Gasteiger partial charge in [-0.05, 0) is 30.2 Å². The summed E-state index contributed by atoms with van der Waals surface area (Å²) in [6.45, 7) is 2.79. The number of benzene rings is 1. The van der Waals surface area contributed by atoms with E-state index in [1.807, 2.05) is 0 Å². The fourth-order valence-electron chi connectivity index (χ4n) is 1.31. The Kier molecular flexibility index (Phi) is 4.25. The number of carbonyl (C=O) groups excluding carboxylic acids is 2. The molecule has 0 radical (unpaired) electrons. The molecule has 0 aliphatic rings. The summed E-state index contributed by atoms with van der Waals surface area (Å²) in [4.78, 5) is 24.9. The SMILES string of the molecule is CC(=O)Oc1ccc(CN=[N+]=[N-])cc1C(C)=O. The van der Waals surface area contributed by atoms with E-state index < -0.39 is 5.97 Å². The number of ether oxygens (including phenoxy) is 1. The van der Waals surface area contributed by atoms with Crippen LogP contribution in [-0.2, 0) is 11.3 Å². The summed E-state index contributed by atoms with van der Waals surface area (Å²) in [6.07, 6.45) is 0. The molecule has 0 atom stereocenters. The summed E-state index contributed by atoms with van der Waals surface area (Å²) in [6, 6.07) is 4.70. The first kappa shape index (κ1) is 12.7. The number of esters is 1. The molecule has 6 nitrogen and oxygen atoms in total. The second kappa shape index (κ2) is 5.67. The largest absolute Gasteiger partial charge is 0.426 e. The van der Waals surface area contributed by atoms with Crippen LogP contribution in [0.1, 0.15) is 29.8 Å². The Bertz CT molecular complexity index is 505. The van der Waals surface area contributed by atoms with Gasteiger partial charge in [0.15, 0.2) is 5.78 Å². The molecule has 0 saturated carbocycles. The van der Waals surface area contributed by atoms with Gasteiger partial charge < -0.3 is 4.74 Å². The van der Waals surface area contributed by atoms with Crippen LogP contribution in [0.3, 0.4) is 0 Å². The minimum absolute atomic E-state index is 0.150. The smallest absolute Gasteiger partial charge is 0.308 e. The Balaban J connectivity index is 3.11. The lowest BCUT2D eigenvalue weighted by Gasteiger charge is -2.07. The van der Waals surface area contributed by atoms with Gasteiger partial charge in [0.1, 0.15) is 5.75 Å². The highest BCUT2D eigenvalue weighted by Gasteiger charge is 2.11. The van der Waals surface area contributed by atoms with Gasteiger partial charge in [-0.2, -0.15) is 0 Å². The van der Waals surface area contributed by atoms with Gasteiger partial charge in [-0.15, -0.1) is 0 Å². The van der Waals surface area contributed by atoms with Crippen molar-refractivity contribution in [1.29, 1.82) is 0 Å². The zero-order chi connectivity index (χ0) is 12.8. The van der Waals surface area contributed by atoms with Crippen molar-refractivity contribution in [2.24, 2.45) is 5.11 Å². The number of rotatable bonds is 4. The predicted molar refractivity (Wildman–Crippen MR) is 60.6 cm³/mol. The fraction of sp³-hybridized carbons (Fsp3) is 0.273. The molecule has 0 N–H and O–H groups in total. The van der Waals surface area contributed by atoms with Crippen molar-refractivity contribution in [3.8, 4) is 5.75 Å². The quantitative estimate of drug-likeness (QED) is 0.200. The molecule has 0 aromatic heterocycles. The van der Waals surface area contributed by atoms with Crippen molar-refractivity contribution >= 4 is 11.8 Å². The van der Waals surface area contributed by atoms with E-state index in [0.29, 0.717) is 11.1 Å². The highest BCUT2D eigenvalue weighted by atomic mass is 16.5. The molecule has 17 heavy (non-hydrogen) atoms. The zero-order valence-corrected chi connectivity index (χ0v) is 9.51. The lowest BCUT2D eigenvalue weighted by Crippen LogP contribution is -2.06. The highest BCUT2D eigenvalue weighted by molar-refractivity contribution is 5.97. The summed E-state index contributed by atoms with van der Waals surface area (Å²) in [5.74, 6) is -0.492. The van der Waals surface area contributed by atoms with Crippen LogP contribution in [0, 0.1) is 0 Å². The third-order valence-electron chi connectivity index (χ3n) is 1.99. The lowest BCUT2D eigenvalue weighted by atomic mass is 10.1. The van der Waals surface area contributed by atoms with Gasteiger partial charge in [0.05, 0.1) is 12.1 Å². The predicted octanol–water partition coefficient (Wildman–Crippen LogP) is 2.62. The summed E-state index contributed by atoms with van der Waals surface area (Å²) < 4.78 is 4.90. The fourth-order valence-corrected chi connectivity index (χ4v) is 1.31. The van der Waals surface area contributed by atoms with Crippen LogP contribution in [0.25, 0.3) is 10.4 Å². The normalized spacial score (nSPS) is 9.29. The van der Waals surface area contributed by atoms with E-state index in [1.54, 1.807) is 12.1 Å². The molecule has 0 spiro atoms. The molecule has 0 amide bonds. The minimum atomic E-state index is -0.490. The second-order valence-electron chi connectivity index (χ2n) is 3.37. The first-order valence-electron chi connectivity index (χ1n) is 4.87. The number of carbonyl (C=O) groups is 2. The summed E-state index contributed by atoms with van der Waals surface area (Å²) >= 11 is 0. The van der Waals surface area contributed by atoms with Crippen molar-refractivity contribution in [1.82, 2.24) is 0 Å². The first-order valence-corrected chi connectivity index (χ1v) is 4.87. The van der Waals surface area contributed by atoms with Crippen LogP contribution in [0.5, 0.6) is 5.75 Å². The topological polar surface area (TPSA) is 92.1 Å². The summed E-state index contributed by atoms with van der Waals surface area (Å²) in [5.41, 5.74) is 9.18. The molecule has 0 unspecified atom stereocenters. The molecule has 0 aliphatic carbocycles. The molecular formula is C11H11N3O3. The summed E-state index contributed by atoms with van der Waals surface area (Å²) in [7, 11) is 0. The van der Waals surface area contributed by atoms with E-state index in [4.69, 9.17) is 10.3 Å². The van der Waals surface area contributed by atoms with Crippen LogP contribution in [0.2, 0.25) is 0 Å². The number of azide groups is 1. The number of ketones is 1. The van der Waals surface area contributed by atoms with Crippen LogP contribution in [0.15, 0.2) is 23.3 Å². The molecule has 6 heteroatoms. The van der Waals surface area contributed by atoms with Gasteiger partial charge in [-0.3, -0.25) is 9.59 Å². The molecule has 0 fully saturated rings. The Labute approximate surface area is 97.8 Å². The third kappa shape index (κ3) is 3.62. The average Bonchev–Trinajstić information content (AvgIpc) is 2.26. The van der Waals surface area contributed by atoms with Crippen molar-refractivity contribution in [3.63, 3.8) is 0 Å². The van der Waals surface area contributed by atoms with E-state index in [1.165, 1.54) is 19.9 Å². The van der Waals surface area contributed by atoms with Crippen molar-refractivity contribution in [2.45, 2.75) is 20.4 Å². The van der Waals surface area contributed by atoms with Gasteiger partial charge in [-0.1, -0.05) is 11.2 Å². The number of hydrogen-bond acceptors (Lipinski definition) is 4. The van der Waals surface area contributed by atoms with Crippen LogP contribution in [0.4, 0.5) is 0 Å². The van der Waals surface area contributed by atoms with E-state index in [9.17, 15) is 9.59 Å². The zero-order valence-electron chi connectivity index (χ0n) is 9.51. The highest BCUT2D eigenvalue weighted by Crippen LogP contribution is 2.21. The molecule has 1 rings (SSSR count). The van der Waals surface area contributed by atoms with Gasteiger partial charge in [0.25, 0.3) is 0 Å². The maximum absolute atomic E-state index is 11.4. The van der Waals surface area contributed by atoms with Crippen molar-refractivity contribution < 1.29 is 14.3 Å². The van der Waals surface area contributed by atoms with E-state index in [2.05, 4.69) is 10.0 Å². The molecule has 0 heterocycles. The van der Waals surface area contributed by atoms with E-state index >= 15 is 0 Å². The monoisotopic (exact) mass is 233 g/mol. The second-order valence-corrected chi connectivity index (χ2v) is 3.37. The Morgan fingerprint density at radius 3 is 2.65 bits per heavy atom. The molecule has 0 saturated heterocycles. The Morgan fingerprint density at radius 2 is 2.12 bits per heavy atom. The minimum Gasteiger partial charge on any atom is -0.426 e. The van der Waals surface area contributed by atoms with Crippen molar-refractivity contribution in [3.05, 3.63) is 39.8 Å². The lowest BCUT2D eigenvalue weighted by molar-refractivity contribution is -0.131. The van der Waals surface area contributed by atoms with Gasteiger partial charge >= 0.3 is 5.97 Å². The Morgan fingerprint density at radius 1 is 1.41 bits per heavy atom. The van der Waals surface area contributed by atoms with Crippen LogP contribution in [-0.4, -0.2) is 11.8 Å². The van der Waals surface area contributed by atoms with Crippen LogP contribution < -0.4 is 4.74 Å².